The molecule has 0 aliphatic carbocycles. The lowest BCUT2D eigenvalue weighted by molar-refractivity contribution is -0.384. The van der Waals surface area contributed by atoms with Gasteiger partial charge in [0.25, 0.3) is 5.69 Å². The summed E-state index contributed by atoms with van der Waals surface area (Å²) in [7, 11) is 1.62. The first-order valence-corrected chi connectivity index (χ1v) is 7.00. The zero-order valence-electron chi connectivity index (χ0n) is 11.6. The molecule has 0 saturated carbocycles. The van der Waals surface area contributed by atoms with Crippen LogP contribution in [0.1, 0.15) is 20.3 Å². The predicted molar refractivity (Wildman–Crippen MR) is 78.1 cm³/mol. The Balaban J connectivity index is 2.68. The van der Waals surface area contributed by atoms with E-state index in [1.165, 1.54) is 23.9 Å². The first-order chi connectivity index (χ1) is 9.28. The number of aliphatic carboxylic acids is 1. The number of rotatable bonds is 7. The number of hydrogen-bond donors (Lipinski definition) is 2. The van der Waals surface area contributed by atoms with E-state index in [4.69, 9.17) is 0 Å². The fourth-order valence-corrected chi connectivity index (χ4v) is 2.97. The smallest absolute Gasteiger partial charge is 0.323 e. The minimum Gasteiger partial charge on any atom is -0.480 e. The van der Waals surface area contributed by atoms with Crippen molar-refractivity contribution in [1.29, 1.82) is 0 Å². The molecule has 20 heavy (non-hydrogen) atoms. The molecular weight excluding hydrogens is 280 g/mol. The van der Waals surface area contributed by atoms with Crippen LogP contribution < -0.4 is 5.32 Å². The Morgan fingerprint density at radius 2 is 2.05 bits per heavy atom. The molecule has 0 heterocycles. The molecule has 0 spiro atoms. The molecule has 6 nitrogen and oxygen atoms in total. The molecule has 0 saturated heterocycles. The van der Waals surface area contributed by atoms with Crippen LogP contribution in [0, 0.1) is 10.1 Å². The van der Waals surface area contributed by atoms with E-state index in [1.807, 2.05) is 6.92 Å². The maximum Gasteiger partial charge on any atom is 0.323 e. The number of non-ortho nitro benzene ring substituents is 1. The summed E-state index contributed by atoms with van der Waals surface area (Å²) in [4.78, 5) is 22.2. The Labute approximate surface area is 121 Å². The quantitative estimate of drug-likeness (QED) is 0.456. The van der Waals surface area contributed by atoms with E-state index in [9.17, 15) is 20.0 Å². The van der Waals surface area contributed by atoms with Gasteiger partial charge in [0.05, 0.1) is 4.92 Å². The number of benzene rings is 1. The Morgan fingerprint density at radius 1 is 1.50 bits per heavy atom. The second-order valence-corrected chi connectivity index (χ2v) is 6.28. The van der Waals surface area contributed by atoms with Gasteiger partial charge in [-0.25, -0.2) is 0 Å². The third-order valence-electron chi connectivity index (χ3n) is 3.10. The Hall–Kier alpha value is -1.60. The molecule has 0 radical (unpaired) electrons. The highest BCUT2D eigenvalue weighted by Crippen LogP contribution is 2.29. The van der Waals surface area contributed by atoms with E-state index in [0.717, 1.165) is 4.90 Å². The molecule has 2 unspecified atom stereocenters. The summed E-state index contributed by atoms with van der Waals surface area (Å²) in [5.74, 6) is -0.892. The van der Waals surface area contributed by atoms with Gasteiger partial charge in [-0.15, -0.1) is 11.8 Å². The van der Waals surface area contributed by atoms with E-state index in [1.54, 1.807) is 26.1 Å². The molecule has 0 aliphatic heterocycles. The van der Waals surface area contributed by atoms with Crippen LogP contribution in [0.4, 0.5) is 5.69 Å². The number of carboxylic acid groups (broad SMARTS) is 1. The van der Waals surface area contributed by atoms with E-state index in [2.05, 4.69) is 5.32 Å². The van der Waals surface area contributed by atoms with Crippen LogP contribution in [-0.4, -0.2) is 33.8 Å². The van der Waals surface area contributed by atoms with Crippen LogP contribution in [0.5, 0.6) is 0 Å². The third kappa shape index (κ3) is 4.21. The number of thioether (sulfide) groups is 1. The maximum atomic E-state index is 11.2. The molecule has 1 aromatic carbocycles. The standard InChI is InChI=1S/C13H18N2O4S/c1-9(8-13(2,14-3)12(16)17)20-11-6-4-10(5-7-11)15(18)19/h4-7,9,14H,8H2,1-3H3,(H,16,17). The van der Waals surface area contributed by atoms with Crippen molar-refractivity contribution in [3.8, 4) is 0 Å². The summed E-state index contributed by atoms with van der Waals surface area (Å²) in [6.45, 7) is 3.58. The summed E-state index contributed by atoms with van der Waals surface area (Å²) in [5, 5.41) is 22.6. The number of nitro benzene ring substituents is 1. The van der Waals surface area contributed by atoms with Crippen molar-refractivity contribution in [2.75, 3.05) is 7.05 Å². The van der Waals surface area contributed by atoms with Crippen LogP contribution in [0.2, 0.25) is 0 Å². The van der Waals surface area contributed by atoms with Crippen molar-refractivity contribution in [3.05, 3.63) is 34.4 Å². The SMILES string of the molecule is CNC(C)(CC(C)Sc1ccc([N+](=O)[O-])cc1)C(=O)O. The molecule has 0 bridgehead atoms. The highest BCUT2D eigenvalue weighted by Gasteiger charge is 2.33. The summed E-state index contributed by atoms with van der Waals surface area (Å²) < 4.78 is 0. The second-order valence-electron chi connectivity index (χ2n) is 4.77. The lowest BCUT2D eigenvalue weighted by atomic mass is 9.96. The summed E-state index contributed by atoms with van der Waals surface area (Å²) in [5.41, 5.74) is -0.930. The van der Waals surface area contributed by atoms with Gasteiger partial charge in [0.1, 0.15) is 5.54 Å². The van der Waals surface area contributed by atoms with Gasteiger partial charge < -0.3 is 10.4 Å². The van der Waals surface area contributed by atoms with Crippen molar-refractivity contribution < 1.29 is 14.8 Å². The molecule has 0 aliphatic rings. The first-order valence-electron chi connectivity index (χ1n) is 6.12. The molecule has 1 rings (SSSR count). The first kappa shape index (κ1) is 16.5. The van der Waals surface area contributed by atoms with Crippen molar-refractivity contribution in [2.24, 2.45) is 0 Å². The van der Waals surface area contributed by atoms with Crippen molar-refractivity contribution in [2.45, 2.75) is 36.0 Å². The molecule has 2 atom stereocenters. The van der Waals surface area contributed by atoms with E-state index in [0.29, 0.717) is 6.42 Å². The molecular formula is C13H18N2O4S. The number of nitrogens with one attached hydrogen (secondary N) is 1. The van der Waals surface area contributed by atoms with Gasteiger partial charge in [-0.05, 0) is 32.5 Å². The van der Waals surface area contributed by atoms with Crippen LogP contribution in [0.15, 0.2) is 29.2 Å². The Bertz CT molecular complexity index is 492. The molecule has 0 amide bonds. The van der Waals surface area contributed by atoms with Gasteiger partial charge in [-0.2, -0.15) is 0 Å². The average Bonchev–Trinajstić information content (AvgIpc) is 2.38. The predicted octanol–water partition coefficient (Wildman–Crippen LogP) is 2.53. The van der Waals surface area contributed by atoms with Gasteiger partial charge in [-0.3, -0.25) is 14.9 Å². The van der Waals surface area contributed by atoms with Gasteiger partial charge in [0.2, 0.25) is 0 Å². The lowest BCUT2D eigenvalue weighted by Crippen LogP contribution is -2.49. The van der Waals surface area contributed by atoms with Crippen LogP contribution in [-0.2, 0) is 4.79 Å². The van der Waals surface area contributed by atoms with E-state index < -0.39 is 16.4 Å². The highest BCUT2D eigenvalue weighted by atomic mass is 32.2. The molecule has 2 N–H and O–H groups in total. The minimum absolute atomic E-state index is 0.0487. The zero-order chi connectivity index (χ0) is 15.3. The van der Waals surface area contributed by atoms with Gasteiger partial charge in [-0.1, -0.05) is 6.92 Å². The minimum atomic E-state index is -0.979. The number of likely N-dealkylation sites (N-methyl/N-ethyl adjacent to an activating group) is 1. The van der Waals surface area contributed by atoms with Gasteiger partial charge in [0, 0.05) is 22.3 Å². The van der Waals surface area contributed by atoms with Crippen LogP contribution in [0.25, 0.3) is 0 Å². The zero-order valence-corrected chi connectivity index (χ0v) is 12.4. The van der Waals surface area contributed by atoms with Gasteiger partial charge >= 0.3 is 5.97 Å². The van der Waals surface area contributed by atoms with Crippen LogP contribution in [0.3, 0.4) is 0 Å². The third-order valence-corrected chi connectivity index (χ3v) is 4.22. The van der Waals surface area contributed by atoms with E-state index in [-0.39, 0.29) is 10.9 Å². The molecule has 110 valence electrons. The molecule has 0 aromatic heterocycles. The van der Waals surface area contributed by atoms with Crippen molar-refractivity contribution in [1.82, 2.24) is 5.32 Å². The number of nitro groups is 1. The normalized spacial score (nSPS) is 15.3. The molecule has 1 aromatic rings. The molecule has 7 heteroatoms. The number of nitrogens with zero attached hydrogens (tertiary/aromatic N) is 1. The lowest BCUT2D eigenvalue weighted by Gasteiger charge is -2.27. The Kier molecular flexibility index (Phi) is 5.52. The molecule has 0 fully saturated rings. The monoisotopic (exact) mass is 298 g/mol. The fraction of sp³-hybridized carbons (Fsp3) is 0.462. The fourth-order valence-electron chi connectivity index (χ4n) is 1.79. The number of carboxylic acids is 1. The summed E-state index contributed by atoms with van der Waals surface area (Å²) in [6, 6.07) is 6.25. The van der Waals surface area contributed by atoms with E-state index >= 15 is 0 Å². The summed E-state index contributed by atoms with van der Waals surface area (Å²) in [6.07, 6.45) is 0.445. The average molecular weight is 298 g/mol. The summed E-state index contributed by atoms with van der Waals surface area (Å²) >= 11 is 1.50. The Morgan fingerprint density at radius 3 is 2.45 bits per heavy atom. The van der Waals surface area contributed by atoms with Gasteiger partial charge in [0.15, 0.2) is 0 Å². The number of carbonyl (C=O) groups is 1. The van der Waals surface area contributed by atoms with Crippen molar-refractivity contribution in [3.63, 3.8) is 0 Å². The largest absolute Gasteiger partial charge is 0.480 e. The topological polar surface area (TPSA) is 92.5 Å². The van der Waals surface area contributed by atoms with Crippen LogP contribution >= 0.6 is 11.8 Å². The maximum absolute atomic E-state index is 11.2. The van der Waals surface area contributed by atoms with Crippen molar-refractivity contribution >= 4 is 23.4 Å². The second kappa shape index (κ2) is 6.71. The highest BCUT2D eigenvalue weighted by molar-refractivity contribution is 7.99. The number of hydrogen-bond acceptors (Lipinski definition) is 5.